The number of benzene rings is 2. The Bertz CT molecular complexity index is 919. The summed E-state index contributed by atoms with van der Waals surface area (Å²) < 4.78 is 6.75. The third kappa shape index (κ3) is 4.15. The number of fused-ring (bicyclic) bond motifs is 2. The molecular formula is C23H25BrN2O3. The molecule has 2 N–H and O–H groups in total. The molecular weight excluding hydrogens is 432 g/mol. The van der Waals surface area contributed by atoms with Crippen molar-refractivity contribution in [3.63, 3.8) is 0 Å². The van der Waals surface area contributed by atoms with Crippen LogP contribution in [0, 0.1) is 5.92 Å². The highest BCUT2D eigenvalue weighted by Crippen LogP contribution is 2.45. The molecule has 152 valence electrons. The smallest absolute Gasteiger partial charge is 0.338 e. The van der Waals surface area contributed by atoms with Crippen LogP contribution >= 0.6 is 15.9 Å². The molecule has 0 aromatic heterocycles. The third-order valence-electron chi connectivity index (χ3n) is 6.29. The highest BCUT2D eigenvalue weighted by molar-refractivity contribution is 9.10. The molecule has 0 amide bonds. The number of halogens is 1. The predicted molar refractivity (Wildman–Crippen MR) is 115 cm³/mol. The fourth-order valence-electron chi connectivity index (χ4n) is 4.77. The fourth-order valence-corrected chi connectivity index (χ4v) is 5.17. The van der Waals surface area contributed by atoms with Crippen LogP contribution in [0.3, 0.4) is 0 Å². The maximum atomic E-state index is 12.8. The normalized spacial score (nSPS) is 28.9. The highest BCUT2D eigenvalue weighted by Gasteiger charge is 2.54. The van der Waals surface area contributed by atoms with E-state index in [9.17, 15) is 9.59 Å². The van der Waals surface area contributed by atoms with Gasteiger partial charge in [-0.15, -0.1) is 0 Å². The number of nitrogens with two attached hydrogens (primary N) is 1. The van der Waals surface area contributed by atoms with Crippen LogP contribution in [0.1, 0.15) is 46.4 Å². The number of esters is 1. The number of ether oxygens (including phenoxy) is 1. The van der Waals surface area contributed by atoms with E-state index in [0.29, 0.717) is 24.0 Å². The molecule has 4 rings (SSSR count). The number of ketones is 1. The Morgan fingerprint density at radius 3 is 2.59 bits per heavy atom. The van der Waals surface area contributed by atoms with Gasteiger partial charge in [-0.2, -0.15) is 0 Å². The summed E-state index contributed by atoms with van der Waals surface area (Å²) in [4.78, 5) is 27.4. The molecule has 0 aliphatic carbocycles. The van der Waals surface area contributed by atoms with E-state index in [1.54, 1.807) is 12.1 Å². The Morgan fingerprint density at radius 1 is 1.14 bits per heavy atom. The lowest BCUT2D eigenvalue weighted by atomic mass is 9.83. The molecule has 2 aliphatic rings. The minimum absolute atomic E-state index is 0.0294. The number of carbonyl (C=O) groups is 2. The minimum Gasteiger partial charge on any atom is -0.457 e. The molecule has 2 saturated heterocycles. The molecule has 2 unspecified atom stereocenters. The van der Waals surface area contributed by atoms with E-state index >= 15 is 0 Å². The van der Waals surface area contributed by atoms with Crippen LogP contribution in [0.5, 0.6) is 0 Å². The van der Waals surface area contributed by atoms with Gasteiger partial charge in [-0.05, 0) is 50.1 Å². The fraction of sp³-hybridized carbons (Fsp3) is 0.391. The molecule has 2 aliphatic heterocycles. The summed E-state index contributed by atoms with van der Waals surface area (Å²) in [6.07, 6.45) is 2.30. The van der Waals surface area contributed by atoms with Gasteiger partial charge in [0.2, 0.25) is 0 Å². The van der Waals surface area contributed by atoms with Crippen molar-refractivity contribution < 1.29 is 14.3 Å². The largest absolute Gasteiger partial charge is 0.457 e. The molecule has 0 radical (unpaired) electrons. The van der Waals surface area contributed by atoms with Gasteiger partial charge < -0.3 is 10.5 Å². The zero-order chi connectivity index (χ0) is 20.6. The van der Waals surface area contributed by atoms with Gasteiger partial charge in [0, 0.05) is 28.9 Å². The van der Waals surface area contributed by atoms with Crippen molar-refractivity contribution >= 4 is 27.7 Å². The number of carbonyl (C=O) groups excluding carboxylic acids is 2. The van der Waals surface area contributed by atoms with E-state index in [1.807, 2.05) is 49.5 Å². The number of likely N-dealkylation sites (N-methyl/N-ethyl adjacent to an activating group) is 1. The van der Waals surface area contributed by atoms with E-state index in [0.717, 1.165) is 17.3 Å². The molecule has 4 atom stereocenters. The highest BCUT2D eigenvalue weighted by atomic mass is 79.9. The standard InChI is InChI=1S/C23H25BrN2O3/c1-26-19-10-15(11-20(27)17-8-5-9-18(24)12-17)13-23(26,25)14-21(19)29-22(28)16-6-3-2-4-7-16/h2-9,12,15,19,21H,10-11,13-14,25H2,1H3/t15?,19-,21?,23+/m1/s1. The van der Waals surface area contributed by atoms with E-state index in [-0.39, 0.29) is 29.8 Å². The zero-order valence-corrected chi connectivity index (χ0v) is 18.0. The summed E-state index contributed by atoms with van der Waals surface area (Å²) in [5.74, 6) is -0.0169. The summed E-state index contributed by atoms with van der Waals surface area (Å²) in [5.41, 5.74) is 7.40. The second-order valence-corrected chi connectivity index (χ2v) is 9.15. The van der Waals surface area contributed by atoms with Crippen LogP contribution in [-0.2, 0) is 4.74 Å². The maximum Gasteiger partial charge on any atom is 0.338 e. The van der Waals surface area contributed by atoms with Crippen molar-refractivity contribution in [1.82, 2.24) is 4.90 Å². The number of piperidine rings is 1. The van der Waals surface area contributed by atoms with Gasteiger partial charge in [0.05, 0.1) is 11.2 Å². The number of hydrogen-bond donors (Lipinski definition) is 1. The van der Waals surface area contributed by atoms with Gasteiger partial charge in [0.1, 0.15) is 6.10 Å². The van der Waals surface area contributed by atoms with E-state index in [2.05, 4.69) is 20.8 Å². The van der Waals surface area contributed by atoms with Gasteiger partial charge in [-0.25, -0.2) is 4.79 Å². The van der Waals surface area contributed by atoms with Crippen molar-refractivity contribution in [2.75, 3.05) is 7.05 Å². The van der Waals surface area contributed by atoms with Crippen molar-refractivity contribution in [2.24, 2.45) is 11.7 Å². The quantitative estimate of drug-likeness (QED) is 0.543. The monoisotopic (exact) mass is 456 g/mol. The first-order valence-electron chi connectivity index (χ1n) is 9.92. The van der Waals surface area contributed by atoms with Gasteiger partial charge >= 0.3 is 5.97 Å². The van der Waals surface area contributed by atoms with Crippen LogP contribution in [-0.4, -0.2) is 41.5 Å². The van der Waals surface area contributed by atoms with Gasteiger partial charge in [-0.1, -0.05) is 46.3 Å². The average Bonchev–Trinajstić information content (AvgIpc) is 2.83. The Hall–Kier alpha value is -2.02. The summed E-state index contributed by atoms with van der Waals surface area (Å²) >= 11 is 3.42. The number of hydrogen-bond acceptors (Lipinski definition) is 5. The molecule has 2 heterocycles. The van der Waals surface area contributed by atoms with E-state index < -0.39 is 5.66 Å². The summed E-state index contributed by atoms with van der Waals surface area (Å²) in [5, 5.41) is 0. The molecule has 2 fully saturated rings. The van der Waals surface area contributed by atoms with Crippen LogP contribution in [0.15, 0.2) is 59.1 Å². The molecule has 2 aromatic carbocycles. The molecule has 29 heavy (non-hydrogen) atoms. The SMILES string of the molecule is CN1[C@@H]2CC(CC(=O)c3cccc(Br)c3)C[C@@]1(N)CC2OC(=O)c1ccccc1. The topological polar surface area (TPSA) is 72.6 Å². The molecule has 2 bridgehead atoms. The maximum absolute atomic E-state index is 12.8. The lowest BCUT2D eigenvalue weighted by molar-refractivity contribution is 0.00911. The molecule has 2 aromatic rings. The van der Waals surface area contributed by atoms with Gasteiger partial charge in [-0.3, -0.25) is 9.69 Å². The second kappa shape index (κ2) is 8.01. The van der Waals surface area contributed by atoms with Crippen LogP contribution in [0.4, 0.5) is 0 Å². The van der Waals surface area contributed by atoms with Crippen LogP contribution < -0.4 is 5.73 Å². The first-order chi connectivity index (χ1) is 13.9. The average molecular weight is 457 g/mol. The molecule has 5 nitrogen and oxygen atoms in total. The molecule has 0 saturated carbocycles. The number of nitrogens with zero attached hydrogens (tertiary/aromatic N) is 1. The van der Waals surface area contributed by atoms with Gasteiger partial charge in [0.25, 0.3) is 0 Å². The van der Waals surface area contributed by atoms with Crippen LogP contribution in [0.25, 0.3) is 0 Å². The minimum atomic E-state index is -0.549. The van der Waals surface area contributed by atoms with E-state index in [1.165, 1.54) is 0 Å². The van der Waals surface area contributed by atoms with Crippen molar-refractivity contribution in [1.29, 1.82) is 0 Å². The van der Waals surface area contributed by atoms with E-state index in [4.69, 9.17) is 10.5 Å². The Kier molecular flexibility index (Phi) is 5.60. The summed E-state index contributed by atoms with van der Waals surface area (Å²) in [7, 11) is 1.99. The third-order valence-corrected chi connectivity index (χ3v) is 6.78. The van der Waals surface area contributed by atoms with Crippen molar-refractivity contribution in [3.05, 3.63) is 70.2 Å². The lowest BCUT2D eigenvalue weighted by Gasteiger charge is -2.43. The van der Waals surface area contributed by atoms with Gasteiger partial charge in [0.15, 0.2) is 5.78 Å². The summed E-state index contributed by atoms with van der Waals surface area (Å²) in [6, 6.07) is 16.5. The van der Waals surface area contributed by atoms with Crippen molar-refractivity contribution in [2.45, 2.75) is 43.5 Å². The second-order valence-electron chi connectivity index (χ2n) is 8.24. The number of rotatable bonds is 5. The summed E-state index contributed by atoms with van der Waals surface area (Å²) in [6.45, 7) is 0. The Morgan fingerprint density at radius 2 is 1.86 bits per heavy atom. The molecule has 0 spiro atoms. The first kappa shape index (κ1) is 20.3. The van der Waals surface area contributed by atoms with Crippen molar-refractivity contribution in [3.8, 4) is 0 Å². The molecule has 6 heteroatoms. The first-order valence-corrected chi connectivity index (χ1v) is 10.7. The Balaban J connectivity index is 1.45. The zero-order valence-electron chi connectivity index (χ0n) is 16.4. The lowest BCUT2D eigenvalue weighted by Crippen LogP contribution is -2.57. The predicted octanol–water partition coefficient (Wildman–Crippen LogP) is 4.02. The Labute approximate surface area is 179 Å². The van der Waals surface area contributed by atoms with Crippen LogP contribution in [0.2, 0.25) is 0 Å². The number of Topliss-reactive ketones (excluding diaryl/α,β-unsaturated/α-hetero) is 1.